The van der Waals surface area contributed by atoms with E-state index in [4.69, 9.17) is 6.48 Å². The predicted octanol–water partition coefficient (Wildman–Crippen LogP) is 2.09. The van der Waals surface area contributed by atoms with Crippen molar-refractivity contribution in [1.82, 2.24) is 0 Å². The lowest BCUT2D eigenvalue weighted by Gasteiger charge is -2.17. The minimum Gasteiger partial charge on any atom is -0.387 e. The normalized spacial score (nSPS) is 19.9. The molecule has 0 saturated carbocycles. The maximum absolute atomic E-state index is 12.0. The zero-order chi connectivity index (χ0) is 11.6. The Morgan fingerprint density at radius 2 is 2.14 bits per heavy atom. The fraction of sp³-hybridized carbons (Fsp3) is 0.500. The van der Waals surface area contributed by atoms with Gasteiger partial charge in [0, 0.05) is 12.6 Å². The first kappa shape index (κ1) is 9.95. The minimum atomic E-state index is -4.88. The van der Waals surface area contributed by atoms with Gasteiger partial charge in [-0.15, -0.1) is 11.3 Å². The van der Waals surface area contributed by atoms with Gasteiger partial charge in [0.1, 0.15) is 0 Å². The zero-order valence-electron chi connectivity index (χ0n) is 7.90. The maximum atomic E-state index is 12.0. The number of aliphatic hydroxyl groups excluding tert-OH is 2. The van der Waals surface area contributed by atoms with Gasteiger partial charge in [-0.3, -0.25) is 0 Å². The number of halogens is 3. The Bertz CT molecular complexity index is 301. The van der Waals surface area contributed by atoms with E-state index in [9.17, 15) is 18.3 Å². The first-order valence-electron chi connectivity index (χ1n) is 4.30. The molecule has 1 aromatic rings. The van der Waals surface area contributed by atoms with Gasteiger partial charge in [0.25, 0.3) is 0 Å². The topological polar surface area (TPSA) is 40.5 Å². The summed E-state index contributed by atoms with van der Waals surface area (Å²) in [5, 5.41) is 19.7. The van der Waals surface area contributed by atoms with Crippen LogP contribution in [-0.2, 0) is 0 Å². The van der Waals surface area contributed by atoms with Crippen LogP contribution in [0.2, 0.25) is 0 Å². The van der Waals surface area contributed by atoms with E-state index in [1.54, 1.807) is 11.4 Å². The van der Waals surface area contributed by atoms with Crippen molar-refractivity contribution in [2.45, 2.75) is 24.8 Å². The van der Waals surface area contributed by atoms with Gasteiger partial charge in [-0.1, -0.05) is 6.07 Å². The average molecular weight is 227 g/mol. The molecule has 3 unspecified atom stereocenters. The number of thiophene rings is 1. The second kappa shape index (κ2) is 4.29. The smallest absolute Gasteiger partial charge is 0.387 e. The molecule has 0 aromatic carbocycles. The van der Waals surface area contributed by atoms with Crippen molar-refractivity contribution in [2.75, 3.05) is 0 Å². The molecule has 1 heterocycles. The second-order valence-electron chi connectivity index (χ2n) is 2.64. The molecule has 6 heteroatoms. The maximum Gasteiger partial charge on any atom is 0.414 e. The summed E-state index contributed by atoms with van der Waals surface area (Å²) in [6.45, 7) is 0. The highest BCUT2D eigenvalue weighted by Gasteiger charge is 2.39. The highest BCUT2D eigenvalue weighted by molar-refractivity contribution is 7.10. The first-order valence-corrected chi connectivity index (χ1v) is 4.60. The number of hydrogen-bond donors (Lipinski definition) is 2. The van der Waals surface area contributed by atoms with E-state index in [0.29, 0.717) is 0 Å². The van der Waals surface area contributed by atoms with Crippen LogP contribution in [0.1, 0.15) is 18.7 Å². The van der Waals surface area contributed by atoms with Gasteiger partial charge in [-0.05, 0) is 11.4 Å². The molecule has 0 saturated heterocycles. The van der Waals surface area contributed by atoms with Crippen LogP contribution in [0.5, 0.6) is 0 Å². The van der Waals surface area contributed by atoms with Crippen LogP contribution in [0.15, 0.2) is 17.5 Å². The molecule has 2 nitrogen and oxygen atoms in total. The van der Waals surface area contributed by atoms with E-state index in [1.807, 2.05) is 0 Å². The largest absolute Gasteiger partial charge is 0.414 e. The summed E-state index contributed by atoms with van der Waals surface area (Å²) in [6, 6.07) is 2.97. The van der Waals surface area contributed by atoms with Crippen molar-refractivity contribution in [3.05, 3.63) is 22.4 Å². The van der Waals surface area contributed by atoms with E-state index < -0.39 is 24.8 Å². The molecule has 14 heavy (non-hydrogen) atoms. The molecule has 0 aliphatic rings. The van der Waals surface area contributed by atoms with Crippen LogP contribution < -0.4 is 0 Å². The van der Waals surface area contributed by atoms with Crippen molar-refractivity contribution in [3.8, 4) is 0 Å². The van der Waals surface area contributed by atoms with E-state index in [2.05, 4.69) is 0 Å². The standard InChI is InChI=1S/C8H9F3O2S/c9-8(10,11)7(13)4-5(12)6-2-1-3-14-6/h1-3,5,7,12-13H,4H2/i4D. The van der Waals surface area contributed by atoms with E-state index >= 15 is 0 Å². The molecular formula is C8H9F3O2S. The summed E-state index contributed by atoms with van der Waals surface area (Å²) in [7, 11) is 0. The zero-order valence-corrected chi connectivity index (χ0v) is 7.72. The molecule has 0 amide bonds. The molecule has 1 rings (SSSR count). The molecular weight excluding hydrogens is 217 g/mol. The van der Waals surface area contributed by atoms with Crippen molar-refractivity contribution < 1.29 is 24.8 Å². The monoisotopic (exact) mass is 227 g/mol. The highest BCUT2D eigenvalue weighted by Crippen LogP contribution is 2.29. The summed E-state index contributed by atoms with van der Waals surface area (Å²) in [5.41, 5.74) is 0. The fourth-order valence-electron chi connectivity index (χ4n) is 0.836. The van der Waals surface area contributed by atoms with Gasteiger partial charge in [0.05, 0.1) is 6.10 Å². The molecule has 80 valence electrons. The first-order chi connectivity index (χ1) is 6.84. The van der Waals surface area contributed by atoms with E-state index in [-0.39, 0.29) is 4.88 Å². The van der Waals surface area contributed by atoms with Crippen molar-refractivity contribution >= 4 is 11.3 Å². The third kappa shape index (κ3) is 2.97. The second-order valence-corrected chi connectivity index (χ2v) is 3.62. The highest BCUT2D eigenvalue weighted by atomic mass is 32.1. The van der Waals surface area contributed by atoms with Crippen LogP contribution in [0, 0.1) is 0 Å². The van der Waals surface area contributed by atoms with Crippen LogP contribution >= 0.6 is 11.3 Å². The molecule has 0 bridgehead atoms. The Balaban J connectivity index is 2.73. The van der Waals surface area contributed by atoms with Gasteiger partial charge in [-0.2, -0.15) is 13.2 Å². The fourth-order valence-corrected chi connectivity index (χ4v) is 1.53. The molecule has 3 atom stereocenters. The summed E-state index contributed by atoms with van der Waals surface area (Å²) in [6.07, 6.45) is -11.4. The van der Waals surface area contributed by atoms with Gasteiger partial charge >= 0.3 is 6.18 Å². The lowest BCUT2D eigenvalue weighted by atomic mass is 10.1. The molecule has 0 radical (unpaired) electrons. The third-order valence-corrected chi connectivity index (χ3v) is 2.48. The molecule has 1 aromatic heterocycles. The van der Waals surface area contributed by atoms with Gasteiger partial charge < -0.3 is 10.2 Å². The Morgan fingerprint density at radius 1 is 1.50 bits per heavy atom. The number of rotatable bonds is 3. The molecule has 0 aliphatic carbocycles. The SMILES string of the molecule is [2H]C(C(O)c1cccs1)C(O)C(F)(F)F. The Kier molecular flexibility index (Phi) is 3.05. The van der Waals surface area contributed by atoms with E-state index in [0.717, 1.165) is 11.3 Å². The predicted molar refractivity (Wildman–Crippen MR) is 46.0 cm³/mol. The summed E-state index contributed by atoms with van der Waals surface area (Å²) in [5.74, 6) is 0. The summed E-state index contributed by atoms with van der Waals surface area (Å²) >= 11 is 1.04. The van der Waals surface area contributed by atoms with Gasteiger partial charge in [0.2, 0.25) is 0 Å². The summed E-state index contributed by atoms with van der Waals surface area (Å²) < 4.78 is 43.2. The quantitative estimate of drug-likeness (QED) is 0.830. The van der Waals surface area contributed by atoms with Gasteiger partial charge in [-0.25, -0.2) is 0 Å². The van der Waals surface area contributed by atoms with Crippen molar-refractivity contribution in [2.24, 2.45) is 0 Å². The molecule has 0 fully saturated rings. The molecule has 0 aliphatic heterocycles. The lowest BCUT2D eigenvalue weighted by Crippen LogP contribution is -2.30. The Morgan fingerprint density at radius 3 is 2.57 bits per heavy atom. The van der Waals surface area contributed by atoms with Crippen LogP contribution in [-0.4, -0.2) is 22.5 Å². The third-order valence-electron chi connectivity index (χ3n) is 1.53. The van der Waals surface area contributed by atoms with Gasteiger partial charge in [0.15, 0.2) is 6.10 Å². The number of alkyl halides is 3. The molecule has 0 spiro atoms. The number of aliphatic hydroxyl groups is 2. The molecule has 2 N–H and O–H groups in total. The van der Waals surface area contributed by atoms with Crippen molar-refractivity contribution in [3.63, 3.8) is 0 Å². The number of hydrogen-bond acceptors (Lipinski definition) is 3. The van der Waals surface area contributed by atoms with Crippen LogP contribution in [0.4, 0.5) is 13.2 Å². The van der Waals surface area contributed by atoms with E-state index in [1.165, 1.54) is 6.07 Å². The van der Waals surface area contributed by atoms with Crippen LogP contribution in [0.25, 0.3) is 0 Å². The summed E-state index contributed by atoms with van der Waals surface area (Å²) in [4.78, 5) is 0.235. The lowest BCUT2D eigenvalue weighted by molar-refractivity contribution is -0.211. The average Bonchev–Trinajstić information content (AvgIpc) is 2.65. The minimum absolute atomic E-state index is 0.235. The van der Waals surface area contributed by atoms with Crippen LogP contribution in [0.3, 0.4) is 0 Å². The Labute approximate surface area is 84.0 Å². The Hall–Kier alpha value is -0.590. The van der Waals surface area contributed by atoms with Crippen molar-refractivity contribution in [1.29, 1.82) is 0 Å².